The number of benzene rings is 1. The molecule has 148 valence electrons. The first-order valence-corrected chi connectivity index (χ1v) is 10.5. The molecule has 1 aliphatic carbocycles. The lowest BCUT2D eigenvalue weighted by atomic mass is 10.2. The maximum absolute atomic E-state index is 12.8. The SMILES string of the molecule is Cn1ncc2cccc(NS(=O)(=O)c3ccc(-n4cc(C5(O)CC5)cn4)nc3)c21. The molecule has 4 aromatic rings. The Bertz CT molecular complexity index is 1320. The molecule has 1 aromatic carbocycles. The van der Waals surface area contributed by atoms with Crippen molar-refractivity contribution in [3.05, 3.63) is 60.7 Å². The molecule has 0 bridgehead atoms. The van der Waals surface area contributed by atoms with Crippen molar-refractivity contribution < 1.29 is 13.5 Å². The van der Waals surface area contributed by atoms with Gasteiger partial charge in [0.05, 0.1) is 29.2 Å². The van der Waals surface area contributed by atoms with Gasteiger partial charge in [0.25, 0.3) is 10.0 Å². The van der Waals surface area contributed by atoms with E-state index in [1.165, 1.54) is 16.9 Å². The molecule has 0 aliphatic heterocycles. The van der Waals surface area contributed by atoms with Crippen LogP contribution in [0.4, 0.5) is 5.69 Å². The van der Waals surface area contributed by atoms with Gasteiger partial charge in [0.15, 0.2) is 5.82 Å². The highest BCUT2D eigenvalue weighted by molar-refractivity contribution is 7.92. The lowest BCUT2D eigenvalue weighted by Crippen LogP contribution is -2.14. The first-order chi connectivity index (χ1) is 13.9. The first-order valence-electron chi connectivity index (χ1n) is 9.03. The molecule has 0 atom stereocenters. The summed E-state index contributed by atoms with van der Waals surface area (Å²) in [6.45, 7) is 0. The molecule has 0 unspecified atom stereocenters. The molecule has 2 N–H and O–H groups in total. The number of para-hydroxylation sites is 1. The summed E-state index contributed by atoms with van der Waals surface area (Å²) in [5.41, 5.74) is 1.10. The first kappa shape index (κ1) is 17.8. The molecule has 0 spiro atoms. The number of anilines is 1. The van der Waals surface area contributed by atoms with E-state index in [2.05, 4.69) is 19.9 Å². The number of fused-ring (bicyclic) bond motifs is 1. The third-order valence-electron chi connectivity index (χ3n) is 5.11. The van der Waals surface area contributed by atoms with Gasteiger partial charge in [-0.3, -0.25) is 9.40 Å². The Morgan fingerprint density at radius 3 is 2.66 bits per heavy atom. The van der Waals surface area contributed by atoms with Crippen LogP contribution in [0.15, 0.2) is 60.0 Å². The molecule has 5 rings (SSSR count). The zero-order chi connectivity index (χ0) is 20.2. The molecule has 0 radical (unpaired) electrons. The van der Waals surface area contributed by atoms with E-state index in [4.69, 9.17) is 0 Å². The third-order valence-corrected chi connectivity index (χ3v) is 6.47. The van der Waals surface area contributed by atoms with Crippen LogP contribution in [-0.4, -0.2) is 38.1 Å². The van der Waals surface area contributed by atoms with E-state index in [-0.39, 0.29) is 4.90 Å². The number of aryl methyl sites for hydroxylation is 1. The maximum atomic E-state index is 12.8. The second kappa shape index (κ2) is 6.13. The number of hydrogen-bond acceptors (Lipinski definition) is 6. The normalized spacial score (nSPS) is 15.5. The number of pyridine rings is 1. The topological polar surface area (TPSA) is 115 Å². The monoisotopic (exact) mass is 410 g/mol. The molecule has 1 aliphatic rings. The number of nitrogens with one attached hydrogen (secondary N) is 1. The van der Waals surface area contributed by atoms with Gasteiger partial charge in [-0.15, -0.1) is 0 Å². The van der Waals surface area contributed by atoms with Crippen LogP contribution < -0.4 is 4.72 Å². The highest BCUT2D eigenvalue weighted by Gasteiger charge is 2.43. The second-order valence-electron chi connectivity index (χ2n) is 7.17. The Kier molecular flexibility index (Phi) is 3.77. The molecular formula is C19H18N6O3S. The van der Waals surface area contributed by atoms with Crippen molar-refractivity contribution in [1.29, 1.82) is 0 Å². The minimum atomic E-state index is -3.83. The zero-order valence-corrected chi connectivity index (χ0v) is 16.3. The molecule has 9 nitrogen and oxygen atoms in total. The molecule has 10 heteroatoms. The second-order valence-corrected chi connectivity index (χ2v) is 8.86. The molecular weight excluding hydrogens is 392 g/mol. The number of aromatic nitrogens is 5. The molecule has 1 saturated carbocycles. The Balaban J connectivity index is 1.43. The zero-order valence-electron chi connectivity index (χ0n) is 15.5. The van der Waals surface area contributed by atoms with Gasteiger partial charge in [0.1, 0.15) is 4.90 Å². The minimum Gasteiger partial charge on any atom is -0.385 e. The largest absolute Gasteiger partial charge is 0.385 e. The summed E-state index contributed by atoms with van der Waals surface area (Å²) in [5.74, 6) is 0.466. The van der Waals surface area contributed by atoms with Crippen LogP contribution in [0.25, 0.3) is 16.7 Å². The van der Waals surface area contributed by atoms with Crippen LogP contribution in [0.5, 0.6) is 0 Å². The van der Waals surface area contributed by atoms with E-state index in [0.717, 1.165) is 23.8 Å². The minimum absolute atomic E-state index is 0.0358. The molecule has 1 fully saturated rings. The smallest absolute Gasteiger partial charge is 0.263 e. The molecule has 3 aromatic heterocycles. The van der Waals surface area contributed by atoms with Crippen molar-refractivity contribution >= 4 is 26.6 Å². The third kappa shape index (κ3) is 3.06. The van der Waals surface area contributed by atoms with Crippen molar-refractivity contribution in [2.45, 2.75) is 23.3 Å². The van der Waals surface area contributed by atoms with Crippen LogP contribution >= 0.6 is 0 Å². The van der Waals surface area contributed by atoms with Crippen molar-refractivity contribution in [2.75, 3.05) is 4.72 Å². The van der Waals surface area contributed by atoms with Crippen LogP contribution in [0.3, 0.4) is 0 Å². The Morgan fingerprint density at radius 1 is 1.10 bits per heavy atom. The lowest BCUT2D eigenvalue weighted by molar-refractivity contribution is 0.151. The predicted molar refractivity (Wildman–Crippen MR) is 106 cm³/mol. The van der Waals surface area contributed by atoms with Gasteiger partial charge < -0.3 is 5.11 Å². The number of hydrogen-bond donors (Lipinski definition) is 2. The van der Waals surface area contributed by atoms with Crippen molar-refractivity contribution in [3.63, 3.8) is 0 Å². The summed E-state index contributed by atoms with van der Waals surface area (Å²) in [7, 11) is -2.07. The number of aliphatic hydroxyl groups is 1. The lowest BCUT2D eigenvalue weighted by Gasteiger charge is -2.10. The fourth-order valence-electron chi connectivity index (χ4n) is 3.28. The summed E-state index contributed by atoms with van der Waals surface area (Å²) in [6, 6.07) is 8.38. The molecule has 29 heavy (non-hydrogen) atoms. The van der Waals surface area contributed by atoms with Gasteiger partial charge in [-0.1, -0.05) is 12.1 Å². The average Bonchev–Trinajstić information content (AvgIpc) is 3.11. The Labute approximate surface area is 166 Å². The van der Waals surface area contributed by atoms with Crippen molar-refractivity contribution in [2.24, 2.45) is 7.05 Å². The van der Waals surface area contributed by atoms with Gasteiger partial charge in [0, 0.05) is 30.4 Å². The number of rotatable bonds is 5. The summed E-state index contributed by atoms with van der Waals surface area (Å²) >= 11 is 0. The number of nitrogens with zero attached hydrogens (tertiary/aromatic N) is 5. The summed E-state index contributed by atoms with van der Waals surface area (Å²) in [6.07, 6.45) is 7.73. The fraction of sp³-hybridized carbons (Fsp3) is 0.211. The Morgan fingerprint density at radius 2 is 1.93 bits per heavy atom. The van der Waals surface area contributed by atoms with Gasteiger partial charge in [-0.25, -0.2) is 18.1 Å². The van der Waals surface area contributed by atoms with E-state index in [1.807, 2.05) is 6.07 Å². The molecule has 0 saturated heterocycles. The van der Waals surface area contributed by atoms with E-state index in [1.54, 1.807) is 48.5 Å². The van der Waals surface area contributed by atoms with Gasteiger partial charge in [0.2, 0.25) is 0 Å². The Hall–Kier alpha value is -3.24. The summed E-state index contributed by atoms with van der Waals surface area (Å²) in [4.78, 5) is 4.26. The van der Waals surface area contributed by atoms with Gasteiger partial charge in [-0.05, 0) is 31.0 Å². The van der Waals surface area contributed by atoms with E-state index < -0.39 is 15.6 Å². The highest BCUT2D eigenvalue weighted by Crippen LogP contribution is 2.45. The van der Waals surface area contributed by atoms with Crippen LogP contribution in [0.2, 0.25) is 0 Å². The fourth-order valence-corrected chi connectivity index (χ4v) is 4.29. The highest BCUT2D eigenvalue weighted by atomic mass is 32.2. The van der Waals surface area contributed by atoms with E-state index in [0.29, 0.717) is 17.0 Å². The van der Waals surface area contributed by atoms with Crippen molar-refractivity contribution in [3.8, 4) is 5.82 Å². The molecule has 0 amide bonds. The standard InChI is InChI=1S/C19H18N6O3S/c1-24-18-13(9-21-24)3-2-4-16(18)23-29(27,28)15-5-6-17(20-11-15)25-12-14(10-22-25)19(26)7-8-19/h2-6,9-12,23,26H,7-8H2,1H3. The van der Waals surface area contributed by atoms with Crippen LogP contribution in [-0.2, 0) is 22.7 Å². The predicted octanol–water partition coefficient (Wildman–Crippen LogP) is 1.94. The van der Waals surface area contributed by atoms with Crippen LogP contribution in [0, 0.1) is 0 Å². The van der Waals surface area contributed by atoms with Crippen molar-refractivity contribution in [1.82, 2.24) is 24.5 Å². The quantitative estimate of drug-likeness (QED) is 0.520. The van der Waals surface area contributed by atoms with Gasteiger partial charge in [-0.2, -0.15) is 10.2 Å². The van der Waals surface area contributed by atoms with Crippen LogP contribution in [0.1, 0.15) is 18.4 Å². The summed E-state index contributed by atoms with van der Waals surface area (Å²) < 4.78 is 31.4. The van der Waals surface area contributed by atoms with E-state index >= 15 is 0 Å². The average molecular weight is 410 g/mol. The number of sulfonamides is 1. The molecule has 3 heterocycles. The summed E-state index contributed by atoms with van der Waals surface area (Å²) in [5, 5.41) is 19.4. The van der Waals surface area contributed by atoms with Gasteiger partial charge >= 0.3 is 0 Å². The maximum Gasteiger partial charge on any atom is 0.263 e. The van der Waals surface area contributed by atoms with E-state index in [9.17, 15) is 13.5 Å².